The van der Waals surface area contributed by atoms with E-state index in [-0.39, 0.29) is 11.7 Å². The quantitative estimate of drug-likeness (QED) is 0.780. The Bertz CT molecular complexity index is 415. The number of pyridine rings is 1. The minimum Gasteiger partial charge on any atom is -0.398 e. The van der Waals surface area contributed by atoms with Crippen molar-refractivity contribution in [2.24, 2.45) is 0 Å². The van der Waals surface area contributed by atoms with Gasteiger partial charge >= 0.3 is 0 Å². The standard InChI is InChI=1S/C13H23N3O2/c1-11(2)18-9-8-15(3)6-7-16-10-12(14)4-5-13(16)17/h4-5,10-11H,6-9,14H2,1-3H3. The van der Waals surface area contributed by atoms with Gasteiger partial charge in [-0.15, -0.1) is 0 Å². The van der Waals surface area contributed by atoms with Crippen molar-refractivity contribution < 1.29 is 4.74 Å². The number of nitrogen functional groups attached to an aromatic ring is 1. The number of anilines is 1. The van der Waals surface area contributed by atoms with Crippen molar-refractivity contribution in [1.82, 2.24) is 9.47 Å². The zero-order valence-electron chi connectivity index (χ0n) is 11.4. The van der Waals surface area contributed by atoms with Crippen LogP contribution in [-0.4, -0.2) is 42.3 Å². The van der Waals surface area contributed by atoms with E-state index >= 15 is 0 Å². The molecule has 0 unspecified atom stereocenters. The molecule has 102 valence electrons. The molecule has 0 spiro atoms. The molecule has 0 saturated carbocycles. The van der Waals surface area contributed by atoms with Crippen LogP contribution in [0.3, 0.4) is 0 Å². The van der Waals surface area contributed by atoms with Crippen LogP contribution in [0.15, 0.2) is 23.1 Å². The SMILES string of the molecule is CC(C)OCCN(C)CCn1cc(N)ccc1=O. The molecule has 0 aliphatic carbocycles. The van der Waals surface area contributed by atoms with Crippen LogP contribution in [0.5, 0.6) is 0 Å². The molecule has 2 N–H and O–H groups in total. The second-order valence-corrected chi connectivity index (χ2v) is 4.72. The fourth-order valence-electron chi connectivity index (χ4n) is 1.56. The van der Waals surface area contributed by atoms with Gasteiger partial charge in [-0.25, -0.2) is 0 Å². The summed E-state index contributed by atoms with van der Waals surface area (Å²) in [6.45, 7) is 7.04. The largest absolute Gasteiger partial charge is 0.398 e. The van der Waals surface area contributed by atoms with E-state index in [2.05, 4.69) is 4.90 Å². The van der Waals surface area contributed by atoms with Gasteiger partial charge in [0, 0.05) is 37.6 Å². The van der Waals surface area contributed by atoms with E-state index in [1.54, 1.807) is 16.8 Å². The fourth-order valence-corrected chi connectivity index (χ4v) is 1.56. The zero-order valence-corrected chi connectivity index (χ0v) is 11.4. The second kappa shape index (κ2) is 7.18. The molecule has 0 aromatic carbocycles. The predicted molar refractivity (Wildman–Crippen MR) is 73.7 cm³/mol. The Balaban J connectivity index is 2.35. The highest BCUT2D eigenvalue weighted by Crippen LogP contribution is 1.96. The number of rotatable bonds is 7. The lowest BCUT2D eigenvalue weighted by atomic mass is 10.4. The molecule has 1 rings (SSSR count). The maximum Gasteiger partial charge on any atom is 0.250 e. The zero-order chi connectivity index (χ0) is 13.5. The highest BCUT2D eigenvalue weighted by Gasteiger charge is 2.02. The Labute approximate surface area is 108 Å². The molecular weight excluding hydrogens is 230 g/mol. The number of ether oxygens (including phenoxy) is 1. The van der Waals surface area contributed by atoms with Gasteiger partial charge in [0.05, 0.1) is 12.7 Å². The van der Waals surface area contributed by atoms with Crippen LogP contribution in [0.25, 0.3) is 0 Å². The molecule has 0 amide bonds. The van der Waals surface area contributed by atoms with E-state index in [9.17, 15) is 4.79 Å². The smallest absolute Gasteiger partial charge is 0.250 e. The number of aromatic nitrogens is 1. The number of hydrogen-bond donors (Lipinski definition) is 1. The molecule has 1 heterocycles. The van der Waals surface area contributed by atoms with Crippen LogP contribution in [0.2, 0.25) is 0 Å². The van der Waals surface area contributed by atoms with Gasteiger partial charge in [-0.05, 0) is 27.0 Å². The number of nitrogens with two attached hydrogens (primary N) is 1. The minimum atomic E-state index is -0.0176. The summed E-state index contributed by atoms with van der Waals surface area (Å²) >= 11 is 0. The van der Waals surface area contributed by atoms with E-state index in [1.165, 1.54) is 6.07 Å². The molecule has 18 heavy (non-hydrogen) atoms. The predicted octanol–water partition coefficient (Wildman–Crippen LogP) is 0.787. The summed E-state index contributed by atoms with van der Waals surface area (Å²) in [6, 6.07) is 3.12. The fraction of sp³-hybridized carbons (Fsp3) is 0.615. The van der Waals surface area contributed by atoms with Crippen molar-refractivity contribution in [3.8, 4) is 0 Å². The summed E-state index contributed by atoms with van der Waals surface area (Å²) in [5.41, 5.74) is 6.25. The molecular formula is C13H23N3O2. The molecule has 0 bridgehead atoms. The lowest BCUT2D eigenvalue weighted by molar-refractivity contribution is 0.0633. The van der Waals surface area contributed by atoms with Crippen LogP contribution < -0.4 is 11.3 Å². The van der Waals surface area contributed by atoms with Crippen LogP contribution in [0.4, 0.5) is 5.69 Å². The Hall–Kier alpha value is -1.33. The van der Waals surface area contributed by atoms with Crippen LogP contribution in [0, 0.1) is 0 Å². The Morgan fingerprint density at radius 3 is 2.78 bits per heavy atom. The summed E-state index contributed by atoms with van der Waals surface area (Å²) in [5, 5.41) is 0. The van der Waals surface area contributed by atoms with E-state index < -0.39 is 0 Å². The maximum atomic E-state index is 11.6. The number of hydrogen-bond acceptors (Lipinski definition) is 4. The van der Waals surface area contributed by atoms with Gasteiger partial charge in [0.2, 0.25) is 0 Å². The van der Waals surface area contributed by atoms with E-state index in [0.717, 1.165) is 13.1 Å². The maximum absolute atomic E-state index is 11.6. The molecule has 0 aliphatic heterocycles. The normalized spacial score (nSPS) is 11.4. The Morgan fingerprint density at radius 1 is 1.39 bits per heavy atom. The molecule has 0 fully saturated rings. The summed E-state index contributed by atoms with van der Waals surface area (Å²) in [5.74, 6) is 0. The topological polar surface area (TPSA) is 60.5 Å². The summed E-state index contributed by atoms with van der Waals surface area (Å²) in [7, 11) is 2.01. The van der Waals surface area contributed by atoms with Crippen molar-refractivity contribution in [2.45, 2.75) is 26.5 Å². The monoisotopic (exact) mass is 253 g/mol. The summed E-state index contributed by atoms with van der Waals surface area (Å²) in [4.78, 5) is 13.7. The molecule has 0 aliphatic rings. The highest BCUT2D eigenvalue weighted by atomic mass is 16.5. The first-order chi connectivity index (χ1) is 8.49. The molecule has 0 radical (unpaired) electrons. The van der Waals surface area contributed by atoms with E-state index in [4.69, 9.17) is 10.5 Å². The lowest BCUT2D eigenvalue weighted by Crippen LogP contribution is -2.30. The van der Waals surface area contributed by atoms with Gasteiger partial charge in [0.15, 0.2) is 0 Å². The van der Waals surface area contributed by atoms with Gasteiger partial charge < -0.3 is 19.9 Å². The Morgan fingerprint density at radius 2 is 2.11 bits per heavy atom. The molecule has 5 heteroatoms. The van der Waals surface area contributed by atoms with Gasteiger partial charge in [0.25, 0.3) is 5.56 Å². The third-order valence-corrected chi connectivity index (χ3v) is 2.65. The van der Waals surface area contributed by atoms with Crippen LogP contribution >= 0.6 is 0 Å². The third kappa shape index (κ3) is 5.33. The first kappa shape index (κ1) is 14.7. The second-order valence-electron chi connectivity index (χ2n) is 4.72. The minimum absolute atomic E-state index is 0.0176. The van der Waals surface area contributed by atoms with Crippen molar-refractivity contribution in [3.05, 3.63) is 28.7 Å². The molecule has 5 nitrogen and oxygen atoms in total. The van der Waals surface area contributed by atoms with Gasteiger partial charge in [-0.3, -0.25) is 4.79 Å². The average molecular weight is 253 g/mol. The first-order valence-corrected chi connectivity index (χ1v) is 6.25. The van der Waals surface area contributed by atoms with Gasteiger partial charge in [-0.2, -0.15) is 0 Å². The number of nitrogens with zero attached hydrogens (tertiary/aromatic N) is 2. The van der Waals surface area contributed by atoms with Crippen molar-refractivity contribution >= 4 is 5.69 Å². The molecule has 0 saturated heterocycles. The van der Waals surface area contributed by atoms with Crippen molar-refractivity contribution in [1.29, 1.82) is 0 Å². The number of likely N-dealkylation sites (N-methyl/N-ethyl adjacent to an activating group) is 1. The molecule has 1 aromatic heterocycles. The van der Waals surface area contributed by atoms with Crippen LogP contribution in [-0.2, 0) is 11.3 Å². The van der Waals surface area contributed by atoms with E-state index in [0.29, 0.717) is 18.8 Å². The first-order valence-electron chi connectivity index (χ1n) is 6.25. The third-order valence-electron chi connectivity index (χ3n) is 2.65. The van der Waals surface area contributed by atoms with E-state index in [1.807, 2.05) is 20.9 Å². The van der Waals surface area contributed by atoms with Crippen molar-refractivity contribution in [3.63, 3.8) is 0 Å². The highest BCUT2D eigenvalue weighted by molar-refractivity contribution is 5.33. The molecule has 1 aromatic rings. The van der Waals surface area contributed by atoms with Crippen LogP contribution in [0.1, 0.15) is 13.8 Å². The summed E-state index contributed by atoms with van der Waals surface area (Å²) < 4.78 is 7.11. The lowest BCUT2D eigenvalue weighted by Gasteiger charge is -2.18. The summed E-state index contributed by atoms with van der Waals surface area (Å²) in [6.07, 6.45) is 1.94. The Kier molecular flexibility index (Phi) is 5.88. The van der Waals surface area contributed by atoms with Gasteiger partial charge in [-0.1, -0.05) is 0 Å². The average Bonchev–Trinajstić information content (AvgIpc) is 2.30. The molecule has 0 atom stereocenters. The van der Waals surface area contributed by atoms with Gasteiger partial charge in [0.1, 0.15) is 0 Å². The van der Waals surface area contributed by atoms with Crippen molar-refractivity contribution in [2.75, 3.05) is 32.5 Å².